The second-order valence-electron chi connectivity index (χ2n) is 6.25. The zero-order chi connectivity index (χ0) is 21.7. The van der Waals surface area contributed by atoms with Gasteiger partial charge in [-0.2, -0.15) is 0 Å². The normalized spacial score (nSPS) is 13.2. The van der Waals surface area contributed by atoms with Crippen LogP contribution >= 0.6 is 0 Å². The summed E-state index contributed by atoms with van der Waals surface area (Å²) in [5.74, 6) is -1.19. The summed E-state index contributed by atoms with van der Waals surface area (Å²) in [5, 5.41) is 7.74. The lowest BCUT2D eigenvalue weighted by atomic mass is 10.2. The molecule has 3 rings (SSSR count). The molecule has 0 atom stereocenters. The predicted octanol–water partition coefficient (Wildman–Crippen LogP) is 3.08. The van der Waals surface area contributed by atoms with Gasteiger partial charge in [-0.05, 0) is 36.4 Å². The summed E-state index contributed by atoms with van der Waals surface area (Å²) in [6, 6.07) is 11.0. The van der Waals surface area contributed by atoms with Crippen LogP contribution in [0.1, 0.15) is 6.42 Å². The topological polar surface area (TPSA) is 99.8 Å². The summed E-state index contributed by atoms with van der Waals surface area (Å²) in [4.78, 5) is 37.4. The minimum absolute atomic E-state index is 0.000219. The Hall–Kier alpha value is -3.76. The van der Waals surface area contributed by atoms with Gasteiger partial charge in [-0.25, -0.2) is 4.79 Å². The van der Waals surface area contributed by atoms with E-state index in [2.05, 4.69) is 20.7 Å². The van der Waals surface area contributed by atoms with E-state index >= 15 is 0 Å². The maximum Gasteiger partial charge on any atom is 0.573 e. The molecule has 1 heterocycles. The molecule has 0 saturated heterocycles. The zero-order valence-electron chi connectivity index (χ0n) is 15.5. The molecule has 8 nitrogen and oxygen atoms in total. The van der Waals surface area contributed by atoms with Gasteiger partial charge in [0.25, 0.3) is 0 Å². The molecular weight excluding hydrogens is 405 g/mol. The fourth-order valence-corrected chi connectivity index (χ4v) is 2.76. The smallest absolute Gasteiger partial charge is 0.406 e. The number of hydrogen-bond acceptors (Lipinski definition) is 4. The van der Waals surface area contributed by atoms with Gasteiger partial charge >= 0.3 is 12.4 Å². The highest BCUT2D eigenvalue weighted by molar-refractivity contribution is 6.09. The van der Waals surface area contributed by atoms with Crippen LogP contribution in [0.2, 0.25) is 0 Å². The van der Waals surface area contributed by atoms with Crippen LogP contribution in [0.5, 0.6) is 5.75 Å². The van der Waals surface area contributed by atoms with Crippen molar-refractivity contribution < 1.29 is 32.3 Å². The van der Waals surface area contributed by atoms with Gasteiger partial charge in [0.15, 0.2) is 0 Å². The average molecular weight is 422 g/mol. The number of anilines is 3. The van der Waals surface area contributed by atoms with Crippen molar-refractivity contribution in [3.63, 3.8) is 0 Å². The number of halogens is 3. The molecule has 0 bridgehead atoms. The van der Waals surface area contributed by atoms with Gasteiger partial charge in [0.1, 0.15) is 12.3 Å². The molecule has 0 spiro atoms. The van der Waals surface area contributed by atoms with Crippen molar-refractivity contribution in [2.45, 2.75) is 12.8 Å². The molecule has 4 amide bonds. The maximum atomic E-state index is 12.4. The minimum atomic E-state index is -4.79. The Morgan fingerprint density at radius 3 is 2.50 bits per heavy atom. The maximum absolute atomic E-state index is 12.4. The van der Waals surface area contributed by atoms with E-state index in [1.807, 2.05) is 0 Å². The van der Waals surface area contributed by atoms with E-state index < -0.39 is 24.1 Å². The Labute approximate surface area is 169 Å². The van der Waals surface area contributed by atoms with Gasteiger partial charge in [-0.15, -0.1) is 13.2 Å². The summed E-state index contributed by atoms with van der Waals surface area (Å²) < 4.78 is 40.2. The fourth-order valence-electron chi connectivity index (χ4n) is 2.76. The van der Waals surface area contributed by atoms with Gasteiger partial charge in [0, 0.05) is 18.7 Å². The molecule has 11 heteroatoms. The van der Waals surface area contributed by atoms with Crippen molar-refractivity contribution in [2.75, 3.05) is 28.6 Å². The highest BCUT2D eigenvalue weighted by Crippen LogP contribution is 2.28. The lowest BCUT2D eigenvalue weighted by molar-refractivity contribution is -0.274. The molecule has 0 aromatic heterocycles. The summed E-state index contributed by atoms with van der Waals surface area (Å²) in [6.45, 7) is -0.151. The first-order valence-corrected chi connectivity index (χ1v) is 8.81. The standard InChI is InChI=1S/C19H17F3N4O4/c20-19(21,22)30-13-7-5-12(6-8-13)24-16(27)9-10-23-18(29)26-11-17(28)25-14-3-1-2-4-15(14)26/h1-8H,9-11H2,(H,23,29)(H,24,27)(H,25,28). The van der Waals surface area contributed by atoms with E-state index in [0.29, 0.717) is 11.4 Å². The lowest BCUT2D eigenvalue weighted by Gasteiger charge is -2.29. The van der Waals surface area contributed by atoms with Crippen LogP contribution in [-0.2, 0) is 9.59 Å². The van der Waals surface area contributed by atoms with Crippen LogP contribution in [0, 0.1) is 0 Å². The number of rotatable bonds is 5. The third-order valence-electron chi connectivity index (χ3n) is 4.02. The van der Waals surface area contributed by atoms with Crippen LogP contribution in [0.4, 0.5) is 35.0 Å². The number of nitrogens with zero attached hydrogens (tertiary/aromatic N) is 1. The number of carbonyl (C=O) groups excluding carboxylic acids is 3. The first-order valence-electron chi connectivity index (χ1n) is 8.81. The van der Waals surface area contributed by atoms with E-state index in [4.69, 9.17) is 0 Å². The number of benzene rings is 2. The summed E-state index contributed by atoms with van der Waals surface area (Å²) in [5.41, 5.74) is 1.34. The van der Waals surface area contributed by atoms with Crippen LogP contribution in [0.25, 0.3) is 0 Å². The highest BCUT2D eigenvalue weighted by Gasteiger charge is 2.31. The van der Waals surface area contributed by atoms with Crippen molar-refractivity contribution >= 4 is 34.9 Å². The molecule has 0 fully saturated rings. The number of carbonyl (C=O) groups is 3. The quantitative estimate of drug-likeness (QED) is 0.690. The molecular formula is C19H17F3N4O4. The second kappa shape index (κ2) is 8.72. The van der Waals surface area contributed by atoms with Gasteiger partial charge in [0.05, 0.1) is 11.4 Å². The number of nitrogens with one attached hydrogen (secondary N) is 3. The number of urea groups is 1. The molecule has 30 heavy (non-hydrogen) atoms. The Balaban J connectivity index is 1.48. The summed E-state index contributed by atoms with van der Waals surface area (Å²) in [7, 11) is 0. The van der Waals surface area contributed by atoms with Gasteiger partial charge in [-0.3, -0.25) is 14.5 Å². The van der Waals surface area contributed by atoms with Crippen molar-refractivity contribution in [1.29, 1.82) is 0 Å². The van der Waals surface area contributed by atoms with Crippen molar-refractivity contribution in [3.05, 3.63) is 48.5 Å². The molecule has 0 saturated carbocycles. The Bertz CT molecular complexity index is 948. The van der Waals surface area contributed by atoms with E-state index in [9.17, 15) is 27.6 Å². The largest absolute Gasteiger partial charge is 0.573 e. The SMILES string of the molecule is O=C(CCNC(=O)N1CC(=O)Nc2ccccc21)Nc1ccc(OC(F)(F)F)cc1. The molecule has 0 radical (unpaired) electrons. The highest BCUT2D eigenvalue weighted by atomic mass is 19.4. The van der Waals surface area contributed by atoms with Crippen LogP contribution in [0.15, 0.2) is 48.5 Å². The minimum Gasteiger partial charge on any atom is -0.406 e. The molecule has 2 aromatic rings. The predicted molar refractivity (Wildman–Crippen MR) is 102 cm³/mol. The molecule has 0 unspecified atom stereocenters. The number of ether oxygens (including phenoxy) is 1. The van der Waals surface area contributed by atoms with Crippen LogP contribution in [0.3, 0.4) is 0 Å². The Kier molecular flexibility index (Phi) is 6.09. The van der Waals surface area contributed by atoms with E-state index in [-0.39, 0.29) is 31.1 Å². The molecule has 1 aliphatic heterocycles. The first-order chi connectivity index (χ1) is 14.2. The number of para-hydroxylation sites is 2. The molecule has 158 valence electrons. The van der Waals surface area contributed by atoms with Gasteiger partial charge < -0.3 is 20.7 Å². The van der Waals surface area contributed by atoms with Crippen LogP contribution in [-0.4, -0.2) is 37.3 Å². The third-order valence-corrected chi connectivity index (χ3v) is 4.02. The number of hydrogen-bond donors (Lipinski definition) is 3. The summed E-state index contributed by atoms with van der Waals surface area (Å²) >= 11 is 0. The van der Waals surface area contributed by atoms with E-state index in [1.165, 1.54) is 17.0 Å². The van der Waals surface area contributed by atoms with Crippen molar-refractivity contribution in [2.24, 2.45) is 0 Å². The second-order valence-corrected chi connectivity index (χ2v) is 6.25. The first kappa shape index (κ1) is 21.0. The summed E-state index contributed by atoms with van der Waals surface area (Å²) in [6.07, 6.45) is -4.87. The zero-order valence-corrected chi connectivity index (χ0v) is 15.5. The fraction of sp³-hybridized carbons (Fsp3) is 0.211. The number of amides is 4. The number of fused-ring (bicyclic) bond motifs is 1. The molecule has 1 aliphatic rings. The van der Waals surface area contributed by atoms with Gasteiger partial charge in [0.2, 0.25) is 11.8 Å². The molecule has 3 N–H and O–H groups in total. The molecule has 2 aromatic carbocycles. The van der Waals surface area contributed by atoms with Crippen molar-refractivity contribution in [3.8, 4) is 5.75 Å². The average Bonchev–Trinajstić information content (AvgIpc) is 2.67. The van der Waals surface area contributed by atoms with E-state index in [1.54, 1.807) is 24.3 Å². The monoisotopic (exact) mass is 422 g/mol. The third kappa shape index (κ3) is 5.63. The van der Waals surface area contributed by atoms with E-state index in [0.717, 1.165) is 12.1 Å². The lowest BCUT2D eigenvalue weighted by Crippen LogP contribution is -2.47. The van der Waals surface area contributed by atoms with Crippen molar-refractivity contribution in [1.82, 2.24) is 5.32 Å². The van der Waals surface area contributed by atoms with Gasteiger partial charge in [-0.1, -0.05) is 12.1 Å². The Morgan fingerprint density at radius 1 is 1.10 bits per heavy atom. The number of alkyl halides is 3. The van der Waals surface area contributed by atoms with Crippen LogP contribution < -0.4 is 25.6 Å². The molecule has 0 aliphatic carbocycles. The Morgan fingerprint density at radius 2 is 1.80 bits per heavy atom.